The van der Waals surface area contributed by atoms with E-state index in [4.69, 9.17) is 9.05 Å². The molecule has 0 aliphatic carbocycles. The van der Waals surface area contributed by atoms with Gasteiger partial charge in [-0.1, -0.05) is 229 Å². The Balaban J connectivity index is 4.16. The standard InChI is InChI=1S/C66H107N2O6P/c1-6-8-10-12-14-16-18-20-21-22-23-24-25-26-27-28-29-30-31-32-33-34-35-36-37-38-39-40-41-42-43-44-45-46-47-48-50-52-54-56-58-60-66(70)67-64(63-74-75(71,72)73-62-61-68(3,4)5)65(69)59-57-55-53-51-49-19-17-15-13-11-9-7-2/h8,10,13-16,20-21,23-24,26-27,29-30,32-33,35-36,38-39,41-42,44-45,49,51,57,59,64-65,69H,6-7,9,11-12,17-19,22,25,28,31,34,37,40,43,46-48,50,52-56,58,60-63H2,1-5H3,(H-,67,70,71,72)/b10-8-,15-13+,16-14-,21-20-,24-23-,27-26-,30-29-,33-32-,36-35-,39-38-,42-41-,45-44-,51-49+,59-57+. The van der Waals surface area contributed by atoms with Gasteiger partial charge in [0, 0.05) is 6.42 Å². The van der Waals surface area contributed by atoms with E-state index in [1.807, 2.05) is 27.2 Å². The first kappa shape index (κ1) is 70.9. The number of aliphatic hydroxyl groups excluding tert-OH is 1. The second-order valence-corrected chi connectivity index (χ2v) is 21.3. The van der Waals surface area contributed by atoms with Crippen molar-refractivity contribution < 1.29 is 32.9 Å². The Morgan fingerprint density at radius 2 is 0.827 bits per heavy atom. The van der Waals surface area contributed by atoms with Crippen molar-refractivity contribution in [1.82, 2.24) is 5.32 Å². The van der Waals surface area contributed by atoms with Gasteiger partial charge in [-0.2, -0.15) is 0 Å². The second-order valence-electron chi connectivity index (χ2n) is 19.9. The van der Waals surface area contributed by atoms with E-state index in [0.717, 1.165) is 135 Å². The van der Waals surface area contributed by atoms with Gasteiger partial charge in [0.25, 0.3) is 7.82 Å². The van der Waals surface area contributed by atoms with Crippen molar-refractivity contribution in [2.75, 3.05) is 40.9 Å². The molecule has 0 fully saturated rings. The molecule has 2 N–H and O–H groups in total. The summed E-state index contributed by atoms with van der Waals surface area (Å²) in [5.41, 5.74) is 0. The van der Waals surface area contributed by atoms with Crippen molar-refractivity contribution in [3.05, 3.63) is 170 Å². The molecule has 0 saturated carbocycles. The zero-order valence-electron chi connectivity index (χ0n) is 47.9. The van der Waals surface area contributed by atoms with Crippen LogP contribution in [0.25, 0.3) is 0 Å². The number of hydrogen-bond acceptors (Lipinski definition) is 6. The SMILES string of the molecule is CC/C=C\C/C=C\C/C=C\C/C=C\C/C=C\C/C=C\C/C=C\C/C=C\C/C=C\C/C=C\C/C=C\CCCCCCCCCC(=O)NC(COP(=O)([O-])OCC[N+](C)(C)C)C(O)/C=C/CC/C=C/CC/C=C/CCCC. The number of quaternary nitrogens is 1. The van der Waals surface area contributed by atoms with Crippen molar-refractivity contribution >= 4 is 13.7 Å². The van der Waals surface area contributed by atoms with E-state index in [2.05, 4.69) is 177 Å². The fraction of sp³-hybridized carbons (Fsp3) is 0.561. The Bertz CT molecular complexity index is 1820. The van der Waals surface area contributed by atoms with E-state index >= 15 is 0 Å². The van der Waals surface area contributed by atoms with E-state index < -0.39 is 26.6 Å². The summed E-state index contributed by atoms with van der Waals surface area (Å²) in [5, 5.41) is 13.8. The number of likely N-dealkylation sites (N-methyl/N-ethyl adjacent to an activating group) is 1. The average Bonchev–Trinajstić information content (AvgIpc) is 3.37. The summed E-state index contributed by atoms with van der Waals surface area (Å²) in [6.07, 6.45) is 87.3. The average molecular weight is 1060 g/mol. The number of unbranched alkanes of at least 4 members (excludes halogenated alkanes) is 11. The zero-order valence-corrected chi connectivity index (χ0v) is 48.8. The van der Waals surface area contributed by atoms with Gasteiger partial charge < -0.3 is 28.8 Å². The molecule has 0 heterocycles. The van der Waals surface area contributed by atoms with Gasteiger partial charge in [-0.3, -0.25) is 9.36 Å². The lowest BCUT2D eigenvalue weighted by Gasteiger charge is -2.29. The van der Waals surface area contributed by atoms with Crippen molar-refractivity contribution in [2.45, 2.75) is 199 Å². The number of nitrogens with one attached hydrogen (secondary N) is 1. The highest BCUT2D eigenvalue weighted by atomic mass is 31.2. The Morgan fingerprint density at radius 3 is 1.24 bits per heavy atom. The smallest absolute Gasteiger partial charge is 0.268 e. The third-order valence-corrected chi connectivity index (χ3v) is 12.6. The summed E-state index contributed by atoms with van der Waals surface area (Å²) in [5.74, 6) is -0.233. The minimum atomic E-state index is -4.62. The van der Waals surface area contributed by atoms with Crippen LogP contribution in [-0.2, 0) is 18.4 Å². The van der Waals surface area contributed by atoms with Crippen molar-refractivity contribution in [3.8, 4) is 0 Å². The molecule has 8 nitrogen and oxygen atoms in total. The molecular weight excluding hydrogens is 948 g/mol. The molecule has 0 aromatic heterocycles. The predicted molar refractivity (Wildman–Crippen MR) is 324 cm³/mol. The van der Waals surface area contributed by atoms with E-state index in [-0.39, 0.29) is 12.5 Å². The van der Waals surface area contributed by atoms with Gasteiger partial charge in [0.15, 0.2) is 0 Å². The molecule has 3 atom stereocenters. The fourth-order valence-corrected chi connectivity index (χ4v) is 7.84. The lowest BCUT2D eigenvalue weighted by molar-refractivity contribution is -0.870. The minimum Gasteiger partial charge on any atom is -0.756 e. The number of nitrogens with zero attached hydrogens (tertiary/aromatic N) is 1. The molecule has 9 heteroatoms. The van der Waals surface area contributed by atoms with Crippen LogP contribution in [0.1, 0.15) is 187 Å². The summed E-state index contributed by atoms with van der Waals surface area (Å²) < 4.78 is 23.2. The molecule has 75 heavy (non-hydrogen) atoms. The van der Waals surface area contributed by atoms with Crippen LogP contribution in [0.5, 0.6) is 0 Å². The third-order valence-electron chi connectivity index (χ3n) is 11.6. The number of rotatable bonds is 50. The first-order valence-electron chi connectivity index (χ1n) is 29.0. The molecule has 0 spiro atoms. The molecule has 0 aromatic rings. The molecule has 0 radical (unpaired) electrons. The number of amides is 1. The van der Waals surface area contributed by atoms with Crippen LogP contribution in [0, 0.1) is 0 Å². The van der Waals surface area contributed by atoms with Crippen molar-refractivity contribution in [2.24, 2.45) is 0 Å². The Labute approximate surface area is 460 Å². The molecule has 1 amide bonds. The van der Waals surface area contributed by atoms with Gasteiger partial charge in [0.2, 0.25) is 5.91 Å². The normalized spacial score (nSPS) is 15.1. The Hall–Kier alpha value is -4.14. The molecular formula is C66H107N2O6P. The largest absolute Gasteiger partial charge is 0.756 e. The summed E-state index contributed by atoms with van der Waals surface area (Å²) in [6.45, 7) is 4.41. The summed E-state index contributed by atoms with van der Waals surface area (Å²) in [4.78, 5) is 25.4. The quantitative estimate of drug-likeness (QED) is 0.0272. The summed E-state index contributed by atoms with van der Waals surface area (Å²) in [7, 11) is 1.20. The van der Waals surface area contributed by atoms with Gasteiger partial charge in [-0.05, 0) is 122 Å². The second kappa shape index (κ2) is 54.6. The summed E-state index contributed by atoms with van der Waals surface area (Å²) >= 11 is 0. The van der Waals surface area contributed by atoms with Gasteiger partial charge >= 0.3 is 0 Å². The van der Waals surface area contributed by atoms with Gasteiger partial charge in [-0.25, -0.2) is 0 Å². The first-order chi connectivity index (χ1) is 36.5. The molecule has 3 unspecified atom stereocenters. The van der Waals surface area contributed by atoms with Crippen LogP contribution in [0.4, 0.5) is 0 Å². The number of allylic oxidation sites excluding steroid dienone is 27. The lowest BCUT2D eigenvalue weighted by Crippen LogP contribution is -2.45. The topological polar surface area (TPSA) is 108 Å². The molecule has 0 rings (SSSR count). The number of carbonyl (C=O) groups excluding carboxylic acids is 1. The summed E-state index contributed by atoms with van der Waals surface area (Å²) in [6, 6.07) is -0.927. The van der Waals surface area contributed by atoms with Crippen LogP contribution in [0.15, 0.2) is 170 Å². The van der Waals surface area contributed by atoms with Crippen LogP contribution in [-0.4, -0.2) is 68.5 Å². The van der Waals surface area contributed by atoms with Crippen LogP contribution in [0.2, 0.25) is 0 Å². The Morgan fingerprint density at radius 1 is 0.480 bits per heavy atom. The number of carbonyl (C=O) groups is 1. The molecule has 0 bridgehead atoms. The number of aliphatic hydroxyl groups is 1. The molecule has 0 aliphatic rings. The number of phosphoric acid groups is 1. The van der Waals surface area contributed by atoms with E-state index in [1.54, 1.807) is 6.08 Å². The maximum absolute atomic E-state index is 12.9. The third kappa shape index (κ3) is 57.4. The van der Waals surface area contributed by atoms with Crippen LogP contribution < -0.4 is 10.2 Å². The number of phosphoric ester groups is 1. The lowest BCUT2D eigenvalue weighted by atomic mass is 10.1. The van der Waals surface area contributed by atoms with Crippen molar-refractivity contribution in [3.63, 3.8) is 0 Å². The van der Waals surface area contributed by atoms with E-state index in [1.165, 1.54) is 32.1 Å². The fourth-order valence-electron chi connectivity index (χ4n) is 7.11. The molecule has 0 saturated heterocycles. The van der Waals surface area contributed by atoms with Gasteiger partial charge in [0.05, 0.1) is 39.9 Å². The number of hydrogen-bond donors (Lipinski definition) is 2. The van der Waals surface area contributed by atoms with E-state index in [0.29, 0.717) is 17.4 Å². The van der Waals surface area contributed by atoms with E-state index in [9.17, 15) is 19.4 Å². The van der Waals surface area contributed by atoms with Gasteiger partial charge in [0.1, 0.15) is 13.2 Å². The molecule has 0 aliphatic heterocycles. The highest BCUT2D eigenvalue weighted by molar-refractivity contribution is 7.45. The minimum absolute atomic E-state index is 0.0206. The highest BCUT2D eigenvalue weighted by Crippen LogP contribution is 2.38. The maximum atomic E-state index is 12.9. The molecule has 422 valence electrons. The molecule has 0 aromatic carbocycles. The highest BCUT2D eigenvalue weighted by Gasteiger charge is 2.23. The van der Waals surface area contributed by atoms with Crippen molar-refractivity contribution in [1.29, 1.82) is 0 Å². The first-order valence-corrected chi connectivity index (χ1v) is 30.5. The zero-order chi connectivity index (χ0) is 54.9. The monoisotopic (exact) mass is 1050 g/mol. The van der Waals surface area contributed by atoms with Crippen LogP contribution in [0.3, 0.4) is 0 Å². The Kier molecular flexibility index (Phi) is 51.6. The van der Waals surface area contributed by atoms with Crippen LogP contribution >= 0.6 is 7.82 Å². The maximum Gasteiger partial charge on any atom is 0.268 e. The van der Waals surface area contributed by atoms with Gasteiger partial charge in [-0.15, -0.1) is 0 Å². The predicted octanol–water partition coefficient (Wildman–Crippen LogP) is 17.4.